The lowest BCUT2D eigenvalue weighted by molar-refractivity contribution is -0.179. The molecule has 1 aliphatic heterocycles. The first-order valence-electron chi connectivity index (χ1n) is 6.18. The van der Waals surface area contributed by atoms with Crippen molar-refractivity contribution in [3.05, 3.63) is 12.2 Å². The van der Waals surface area contributed by atoms with Gasteiger partial charge in [0.15, 0.2) is 5.79 Å². The lowest BCUT2D eigenvalue weighted by atomic mass is 9.95. The maximum Gasteiger partial charge on any atom is 0.174 e. The highest BCUT2D eigenvalue weighted by Crippen LogP contribution is 2.58. The number of rotatable bonds is 5. The number of unbranched alkanes of at least 4 members (excludes halogenated alkanes) is 2. The molecule has 0 radical (unpaired) electrons. The van der Waals surface area contributed by atoms with Crippen molar-refractivity contribution < 1.29 is 9.47 Å². The second-order valence-electron chi connectivity index (χ2n) is 4.84. The minimum absolute atomic E-state index is 0.192. The van der Waals surface area contributed by atoms with Crippen LogP contribution in [0.2, 0.25) is 0 Å². The van der Waals surface area contributed by atoms with E-state index in [1.54, 1.807) is 0 Å². The minimum atomic E-state index is -0.338. The quantitative estimate of drug-likeness (QED) is 0.512. The molecule has 1 heterocycles. The Morgan fingerprint density at radius 1 is 1.20 bits per heavy atom. The minimum Gasteiger partial charge on any atom is -0.347 e. The molecule has 1 saturated carbocycles. The van der Waals surface area contributed by atoms with Crippen LogP contribution in [0.1, 0.15) is 46.0 Å². The lowest BCUT2D eigenvalue weighted by Crippen LogP contribution is -2.36. The zero-order chi connectivity index (χ0) is 10.8. The topological polar surface area (TPSA) is 18.5 Å². The number of hydrogen-bond donors (Lipinski definition) is 0. The largest absolute Gasteiger partial charge is 0.347 e. The van der Waals surface area contributed by atoms with Crippen molar-refractivity contribution in [3.8, 4) is 0 Å². The summed E-state index contributed by atoms with van der Waals surface area (Å²) in [6.07, 6.45) is 10.8. The Morgan fingerprint density at radius 2 is 1.87 bits per heavy atom. The zero-order valence-electron chi connectivity index (χ0n) is 9.92. The highest BCUT2D eigenvalue weighted by Gasteiger charge is 2.58. The lowest BCUT2D eigenvalue weighted by Gasteiger charge is -2.30. The molecule has 2 aliphatic rings. The van der Waals surface area contributed by atoms with Crippen molar-refractivity contribution in [2.75, 3.05) is 13.2 Å². The molecule has 0 N–H and O–H groups in total. The van der Waals surface area contributed by atoms with Gasteiger partial charge >= 0.3 is 0 Å². The second kappa shape index (κ2) is 4.26. The Bertz CT molecular complexity index is 235. The molecule has 86 valence electrons. The number of hydrogen-bond acceptors (Lipinski definition) is 2. The third-order valence-electron chi connectivity index (χ3n) is 3.69. The molecule has 15 heavy (non-hydrogen) atoms. The van der Waals surface area contributed by atoms with Crippen LogP contribution in [0, 0.1) is 5.41 Å². The van der Waals surface area contributed by atoms with Gasteiger partial charge in [-0.25, -0.2) is 0 Å². The van der Waals surface area contributed by atoms with Crippen LogP contribution in [-0.2, 0) is 9.47 Å². The standard InChI is InChI=1S/C13H22O2/c1-3-4-5-6-7-13(8-9-13)12(2)14-10-11-15-12/h6-7H,3-5,8-11H2,1-2H3/b7-6+. The highest BCUT2D eigenvalue weighted by molar-refractivity contribution is 5.16. The fraction of sp³-hybridized carbons (Fsp3) is 0.846. The van der Waals surface area contributed by atoms with Gasteiger partial charge in [-0.3, -0.25) is 0 Å². The molecular formula is C13H22O2. The summed E-state index contributed by atoms with van der Waals surface area (Å²) in [4.78, 5) is 0. The van der Waals surface area contributed by atoms with Crippen molar-refractivity contribution in [3.63, 3.8) is 0 Å². The summed E-state index contributed by atoms with van der Waals surface area (Å²) in [7, 11) is 0. The van der Waals surface area contributed by atoms with Gasteiger partial charge in [0.25, 0.3) is 0 Å². The van der Waals surface area contributed by atoms with Crippen LogP contribution in [0.4, 0.5) is 0 Å². The molecule has 1 aliphatic carbocycles. The molecule has 0 unspecified atom stereocenters. The molecule has 0 bridgehead atoms. The molecule has 2 fully saturated rings. The van der Waals surface area contributed by atoms with Crippen LogP contribution in [0.25, 0.3) is 0 Å². The van der Waals surface area contributed by atoms with E-state index in [0.29, 0.717) is 0 Å². The fourth-order valence-corrected chi connectivity index (χ4v) is 2.34. The molecule has 2 rings (SSSR count). The normalized spacial score (nSPS) is 27.3. The molecule has 0 aromatic heterocycles. The average Bonchev–Trinajstić information content (AvgIpc) is 2.91. The molecule has 2 heteroatoms. The Hall–Kier alpha value is -0.340. The van der Waals surface area contributed by atoms with Gasteiger partial charge in [0.05, 0.1) is 13.2 Å². The van der Waals surface area contributed by atoms with Crippen molar-refractivity contribution in [1.82, 2.24) is 0 Å². The molecular weight excluding hydrogens is 188 g/mol. The Morgan fingerprint density at radius 3 is 2.40 bits per heavy atom. The Labute approximate surface area is 92.6 Å². The van der Waals surface area contributed by atoms with Gasteiger partial charge in [0.1, 0.15) is 0 Å². The van der Waals surface area contributed by atoms with E-state index in [4.69, 9.17) is 9.47 Å². The number of allylic oxidation sites excluding steroid dienone is 1. The van der Waals surface area contributed by atoms with Crippen molar-refractivity contribution in [2.45, 2.75) is 51.7 Å². The van der Waals surface area contributed by atoms with Crippen molar-refractivity contribution >= 4 is 0 Å². The van der Waals surface area contributed by atoms with E-state index in [-0.39, 0.29) is 11.2 Å². The molecule has 0 atom stereocenters. The predicted octanol–water partition coefficient (Wildman–Crippen LogP) is 3.28. The monoisotopic (exact) mass is 210 g/mol. The SMILES string of the molecule is CCCC/C=C/C1(C2(C)OCCO2)CC1. The summed E-state index contributed by atoms with van der Waals surface area (Å²) in [6.45, 7) is 5.82. The Kier molecular flexibility index (Phi) is 3.17. The maximum absolute atomic E-state index is 5.75. The summed E-state index contributed by atoms with van der Waals surface area (Å²) in [5, 5.41) is 0. The van der Waals surface area contributed by atoms with Crippen LogP contribution >= 0.6 is 0 Å². The molecule has 0 spiro atoms. The fourth-order valence-electron chi connectivity index (χ4n) is 2.34. The van der Waals surface area contributed by atoms with Gasteiger partial charge in [-0.05, 0) is 26.2 Å². The highest BCUT2D eigenvalue weighted by atomic mass is 16.7. The van der Waals surface area contributed by atoms with E-state index in [1.165, 1.54) is 32.1 Å². The summed E-state index contributed by atoms with van der Waals surface area (Å²) in [5.74, 6) is -0.338. The van der Waals surface area contributed by atoms with Gasteiger partial charge in [-0.15, -0.1) is 0 Å². The first-order valence-corrected chi connectivity index (χ1v) is 6.18. The van der Waals surface area contributed by atoms with E-state index in [0.717, 1.165) is 13.2 Å². The van der Waals surface area contributed by atoms with E-state index in [1.807, 2.05) is 0 Å². The van der Waals surface area contributed by atoms with Gasteiger partial charge in [-0.2, -0.15) is 0 Å². The summed E-state index contributed by atoms with van der Waals surface area (Å²) in [5.41, 5.74) is 0.192. The molecule has 0 aromatic rings. The molecule has 2 nitrogen and oxygen atoms in total. The predicted molar refractivity (Wildman–Crippen MR) is 60.6 cm³/mol. The van der Waals surface area contributed by atoms with E-state index in [9.17, 15) is 0 Å². The Balaban J connectivity index is 1.92. The van der Waals surface area contributed by atoms with Crippen molar-refractivity contribution in [1.29, 1.82) is 0 Å². The van der Waals surface area contributed by atoms with Crippen molar-refractivity contribution in [2.24, 2.45) is 5.41 Å². The van der Waals surface area contributed by atoms with E-state index in [2.05, 4.69) is 26.0 Å². The van der Waals surface area contributed by atoms with Gasteiger partial charge in [0, 0.05) is 5.41 Å². The van der Waals surface area contributed by atoms with Crippen LogP contribution in [0.3, 0.4) is 0 Å². The number of ether oxygens (including phenoxy) is 2. The average molecular weight is 210 g/mol. The summed E-state index contributed by atoms with van der Waals surface area (Å²) in [6, 6.07) is 0. The zero-order valence-corrected chi connectivity index (χ0v) is 9.92. The smallest absolute Gasteiger partial charge is 0.174 e. The van der Waals surface area contributed by atoms with Crippen LogP contribution < -0.4 is 0 Å². The first-order chi connectivity index (χ1) is 7.22. The van der Waals surface area contributed by atoms with Gasteiger partial charge < -0.3 is 9.47 Å². The first kappa shape index (κ1) is 11.2. The summed E-state index contributed by atoms with van der Waals surface area (Å²) < 4.78 is 11.5. The van der Waals surface area contributed by atoms with Crippen LogP contribution in [0.15, 0.2) is 12.2 Å². The van der Waals surface area contributed by atoms with Gasteiger partial charge in [-0.1, -0.05) is 31.9 Å². The second-order valence-corrected chi connectivity index (χ2v) is 4.84. The van der Waals surface area contributed by atoms with Gasteiger partial charge in [0.2, 0.25) is 0 Å². The molecule has 0 aromatic carbocycles. The third kappa shape index (κ3) is 2.11. The van der Waals surface area contributed by atoms with E-state index < -0.39 is 0 Å². The third-order valence-corrected chi connectivity index (χ3v) is 3.69. The van der Waals surface area contributed by atoms with Crippen LogP contribution in [-0.4, -0.2) is 19.0 Å². The maximum atomic E-state index is 5.75. The molecule has 1 saturated heterocycles. The van der Waals surface area contributed by atoms with Crippen LogP contribution in [0.5, 0.6) is 0 Å². The summed E-state index contributed by atoms with van der Waals surface area (Å²) >= 11 is 0. The molecule has 0 amide bonds. The van der Waals surface area contributed by atoms with E-state index >= 15 is 0 Å².